The number of aryl methyl sites for hydroxylation is 1. The average molecular weight is 328 g/mol. The molecule has 3 rings (SSSR count). The predicted molar refractivity (Wildman–Crippen MR) is 94.2 cm³/mol. The highest BCUT2D eigenvalue weighted by atomic mass is 16.5. The summed E-state index contributed by atoms with van der Waals surface area (Å²) < 4.78 is 7.69. The van der Waals surface area contributed by atoms with Crippen LogP contribution in [0.1, 0.15) is 18.5 Å². The summed E-state index contributed by atoms with van der Waals surface area (Å²) in [4.78, 5) is 13.7. The van der Waals surface area contributed by atoms with Crippen molar-refractivity contribution in [2.75, 3.05) is 26.7 Å². The van der Waals surface area contributed by atoms with E-state index < -0.39 is 0 Å². The van der Waals surface area contributed by atoms with Crippen LogP contribution in [0.25, 0.3) is 5.69 Å². The lowest BCUT2D eigenvalue weighted by atomic mass is 9.98. The zero-order chi connectivity index (χ0) is 17.1. The van der Waals surface area contributed by atoms with Gasteiger partial charge in [0.1, 0.15) is 0 Å². The molecule has 1 N–H and O–H groups in total. The van der Waals surface area contributed by atoms with E-state index in [1.165, 1.54) is 6.07 Å². The standard InChI is InChI=1S/C19H24N2O3/c1-14-11-17(22)7-10-21(14)16-3-4-19(18(23)12-16)24-13-15-5-8-20(2)9-6-15/h3-4,7,10-12,15,23H,5-6,8-9,13H2,1-2H3. The number of hydrogen-bond donors (Lipinski definition) is 1. The van der Waals surface area contributed by atoms with Crippen molar-refractivity contribution >= 4 is 0 Å². The maximum Gasteiger partial charge on any atom is 0.181 e. The second-order valence-corrected chi connectivity index (χ2v) is 6.58. The zero-order valence-corrected chi connectivity index (χ0v) is 14.2. The number of piperidine rings is 1. The van der Waals surface area contributed by atoms with Gasteiger partial charge in [-0.3, -0.25) is 4.79 Å². The van der Waals surface area contributed by atoms with E-state index in [4.69, 9.17) is 4.74 Å². The van der Waals surface area contributed by atoms with Crippen molar-refractivity contribution in [2.45, 2.75) is 19.8 Å². The fourth-order valence-corrected chi connectivity index (χ4v) is 3.09. The molecular formula is C19H24N2O3. The molecule has 5 heteroatoms. The van der Waals surface area contributed by atoms with Gasteiger partial charge in [-0.2, -0.15) is 0 Å². The fraction of sp³-hybridized carbons (Fsp3) is 0.421. The number of ether oxygens (including phenoxy) is 1. The molecule has 2 heterocycles. The summed E-state index contributed by atoms with van der Waals surface area (Å²) in [6.07, 6.45) is 3.98. The Hall–Kier alpha value is -2.27. The van der Waals surface area contributed by atoms with Gasteiger partial charge in [0.05, 0.1) is 6.61 Å². The smallest absolute Gasteiger partial charge is 0.181 e. The first-order chi connectivity index (χ1) is 11.5. The molecule has 0 atom stereocenters. The first-order valence-corrected chi connectivity index (χ1v) is 8.37. The lowest BCUT2D eigenvalue weighted by Gasteiger charge is -2.28. The topological polar surface area (TPSA) is 54.7 Å². The van der Waals surface area contributed by atoms with Crippen LogP contribution in [0, 0.1) is 12.8 Å². The normalized spacial score (nSPS) is 16.2. The van der Waals surface area contributed by atoms with Crippen molar-refractivity contribution in [1.82, 2.24) is 9.47 Å². The predicted octanol–water partition coefficient (Wildman–Crippen LogP) is 2.57. The van der Waals surface area contributed by atoms with Crippen LogP contribution in [-0.2, 0) is 0 Å². The Kier molecular flexibility index (Phi) is 4.90. The second-order valence-electron chi connectivity index (χ2n) is 6.58. The van der Waals surface area contributed by atoms with E-state index in [1.54, 1.807) is 24.4 Å². The number of phenols is 1. The molecule has 1 aliphatic rings. The van der Waals surface area contributed by atoms with Crippen molar-refractivity contribution in [3.8, 4) is 17.2 Å². The molecule has 0 bridgehead atoms. The summed E-state index contributed by atoms with van der Waals surface area (Å²) in [7, 11) is 2.14. The van der Waals surface area contributed by atoms with Crippen LogP contribution in [0.3, 0.4) is 0 Å². The molecule has 5 nitrogen and oxygen atoms in total. The third kappa shape index (κ3) is 3.79. The summed E-state index contributed by atoms with van der Waals surface area (Å²) >= 11 is 0. The van der Waals surface area contributed by atoms with E-state index in [0.29, 0.717) is 18.3 Å². The minimum Gasteiger partial charge on any atom is -0.504 e. The highest BCUT2D eigenvalue weighted by Gasteiger charge is 2.17. The molecule has 0 saturated carbocycles. The molecule has 128 valence electrons. The molecule has 1 aromatic heterocycles. The minimum absolute atomic E-state index is 0.0222. The zero-order valence-electron chi connectivity index (χ0n) is 14.2. The number of likely N-dealkylation sites (tertiary alicyclic amines) is 1. The van der Waals surface area contributed by atoms with Gasteiger partial charge in [-0.05, 0) is 58.0 Å². The Labute approximate surface area is 142 Å². The van der Waals surface area contributed by atoms with Crippen molar-refractivity contribution < 1.29 is 9.84 Å². The van der Waals surface area contributed by atoms with E-state index in [-0.39, 0.29) is 11.2 Å². The summed E-state index contributed by atoms with van der Waals surface area (Å²) in [5, 5.41) is 10.3. The van der Waals surface area contributed by atoms with Crippen molar-refractivity contribution in [3.63, 3.8) is 0 Å². The van der Waals surface area contributed by atoms with Crippen molar-refractivity contribution in [2.24, 2.45) is 5.92 Å². The first-order valence-electron chi connectivity index (χ1n) is 8.37. The van der Waals surface area contributed by atoms with Crippen LogP contribution in [0.5, 0.6) is 11.5 Å². The van der Waals surface area contributed by atoms with E-state index in [2.05, 4.69) is 11.9 Å². The molecule has 1 fully saturated rings. The molecule has 1 saturated heterocycles. The molecule has 0 aliphatic carbocycles. The Bertz CT molecular complexity index is 761. The van der Waals surface area contributed by atoms with E-state index in [1.807, 2.05) is 17.6 Å². The molecule has 0 unspecified atom stereocenters. The Morgan fingerprint density at radius 2 is 1.96 bits per heavy atom. The number of rotatable bonds is 4. The van der Waals surface area contributed by atoms with E-state index in [9.17, 15) is 9.90 Å². The van der Waals surface area contributed by atoms with Crippen molar-refractivity contribution in [1.29, 1.82) is 0 Å². The SMILES string of the molecule is Cc1cc(=O)ccn1-c1ccc(OCC2CCN(C)CC2)c(O)c1. The fourth-order valence-electron chi connectivity index (χ4n) is 3.09. The van der Waals surface area contributed by atoms with Crippen LogP contribution < -0.4 is 10.2 Å². The van der Waals surface area contributed by atoms with Crippen LogP contribution >= 0.6 is 0 Å². The lowest BCUT2D eigenvalue weighted by molar-refractivity contribution is 0.157. The number of nitrogens with zero attached hydrogens (tertiary/aromatic N) is 2. The van der Waals surface area contributed by atoms with Gasteiger partial charge < -0.3 is 19.3 Å². The monoisotopic (exact) mass is 328 g/mol. The molecular weight excluding hydrogens is 304 g/mol. The van der Waals surface area contributed by atoms with Crippen molar-refractivity contribution in [3.05, 3.63) is 52.4 Å². The quantitative estimate of drug-likeness (QED) is 0.937. The van der Waals surface area contributed by atoms with Gasteiger partial charge in [0, 0.05) is 35.8 Å². The minimum atomic E-state index is -0.0222. The summed E-state index contributed by atoms with van der Waals surface area (Å²) in [5.41, 5.74) is 1.60. The highest BCUT2D eigenvalue weighted by Crippen LogP contribution is 2.30. The van der Waals surface area contributed by atoms with Gasteiger partial charge in [-0.25, -0.2) is 0 Å². The van der Waals surface area contributed by atoms with Crippen LogP contribution in [0.2, 0.25) is 0 Å². The lowest BCUT2D eigenvalue weighted by Crippen LogP contribution is -2.32. The number of benzene rings is 1. The molecule has 1 aliphatic heterocycles. The average Bonchev–Trinajstić information content (AvgIpc) is 2.55. The summed E-state index contributed by atoms with van der Waals surface area (Å²) in [6, 6.07) is 8.43. The van der Waals surface area contributed by atoms with Crippen LogP contribution in [-0.4, -0.2) is 41.3 Å². The largest absolute Gasteiger partial charge is 0.504 e. The maximum atomic E-state index is 11.4. The van der Waals surface area contributed by atoms with E-state index in [0.717, 1.165) is 37.3 Å². The summed E-state index contributed by atoms with van der Waals surface area (Å²) in [5.74, 6) is 1.18. The molecule has 0 amide bonds. The molecule has 2 aromatic rings. The molecule has 24 heavy (non-hydrogen) atoms. The van der Waals surface area contributed by atoms with Crippen LogP contribution in [0.15, 0.2) is 41.3 Å². The van der Waals surface area contributed by atoms with Gasteiger partial charge >= 0.3 is 0 Å². The third-order valence-corrected chi connectivity index (χ3v) is 4.65. The number of pyridine rings is 1. The van der Waals surface area contributed by atoms with Gasteiger partial charge in [0.25, 0.3) is 0 Å². The Morgan fingerprint density at radius 3 is 2.62 bits per heavy atom. The number of aromatic hydroxyl groups is 1. The maximum absolute atomic E-state index is 11.4. The van der Waals surface area contributed by atoms with Crippen LogP contribution in [0.4, 0.5) is 0 Å². The third-order valence-electron chi connectivity index (χ3n) is 4.65. The van der Waals surface area contributed by atoms with E-state index >= 15 is 0 Å². The van der Waals surface area contributed by atoms with Gasteiger partial charge in [0.2, 0.25) is 0 Å². The number of hydrogen-bond acceptors (Lipinski definition) is 4. The molecule has 0 radical (unpaired) electrons. The van der Waals surface area contributed by atoms with Gasteiger partial charge in [0.15, 0.2) is 16.9 Å². The Morgan fingerprint density at radius 1 is 1.21 bits per heavy atom. The number of phenolic OH excluding ortho intramolecular Hbond substituents is 1. The first kappa shape index (κ1) is 16.6. The summed E-state index contributed by atoms with van der Waals surface area (Å²) in [6.45, 7) is 4.70. The highest BCUT2D eigenvalue weighted by molar-refractivity contribution is 5.48. The Balaban J connectivity index is 1.69. The number of aromatic nitrogens is 1. The second kappa shape index (κ2) is 7.09. The van der Waals surface area contributed by atoms with Gasteiger partial charge in [-0.15, -0.1) is 0 Å². The molecule has 1 aromatic carbocycles. The van der Waals surface area contributed by atoms with Gasteiger partial charge in [-0.1, -0.05) is 0 Å². The molecule has 0 spiro atoms.